The Morgan fingerprint density at radius 2 is 2.45 bits per heavy atom. The zero-order valence-electron chi connectivity index (χ0n) is 6.88. The number of ether oxygens (including phenoxy) is 1. The third-order valence-electron chi connectivity index (χ3n) is 2.14. The minimum absolute atomic E-state index is 0.156. The molecule has 3 heteroatoms. The molecule has 2 N–H and O–H groups in total. The molecule has 0 radical (unpaired) electrons. The Bertz CT molecular complexity index is 147. The van der Waals surface area contributed by atoms with Crippen LogP contribution in [0.1, 0.15) is 19.8 Å². The van der Waals surface area contributed by atoms with Crippen molar-refractivity contribution in [3.05, 3.63) is 0 Å². The number of Topliss-reactive ketones (excluding diaryl/α,β-unsaturated/α-hetero) is 1. The molecule has 1 aliphatic rings. The number of rotatable bonds is 2. The first-order valence-corrected chi connectivity index (χ1v) is 4.08. The van der Waals surface area contributed by atoms with Crippen LogP contribution in [0, 0.1) is 5.92 Å². The zero-order valence-corrected chi connectivity index (χ0v) is 6.88. The van der Waals surface area contributed by atoms with Gasteiger partial charge in [0.25, 0.3) is 0 Å². The maximum Gasteiger partial charge on any atom is 0.149 e. The average molecular weight is 157 g/mol. The molecule has 64 valence electrons. The van der Waals surface area contributed by atoms with Gasteiger partial charge in [-0.25, -0.2) is 0 Å². The Balaban J connectivity index is 2.39. The maximum absolute atomic E-state index is 11.1. The number of carbonyl (C=O) groups excluding carboxylic acids is 1. The lowest BCUT2D eigenvalue weighted by molar-refractivity contribution is -0.126. The van der Waals surface area contributed by atoms with Gasteiger partial charge in [-0.2, -0.15) is 0 Å². The van der Waals surface area contributed by atoms with Crippen LogP contribution in [0.2, 0.25) is 0 Å². The van der Waals surface area contributed by atoms with Crippen molar-refractivity contribution in [1.82, 2.24) is 0 Å². The highest BCUT2D eigenvalue weighted by Crippen LogP contribution is 2.19. The SMILES string of the molecule is CC1CC(C(=O)CN)CCO1. The number of hydrogen-bond acceptors (Lipinski definition) is 3. The van der Waals surface area contributed by atoms with E-state index in [4.69, 9.17) is 10.5 Å². The first kappa shape index (κ1) is 8.68. The minimum Gasteiger partial charge on any atom is -0.378 e. The average Bonchev–Trinajstić information content (AvgIpc) is 2.03. The Morgan fingerprint density at radius 1 is 1.73 bits per heavy atom. The smallest absolute Gasteiger partial charge is 0.149 e. The van der Waals surface area contributed by atoms with Gasteiger partial charge in [-0.15, -0.1) is 0 Å². The van der Waals surface area contributed by atoms with Crippen LogP contribution in [-0.4, -0.2) is 25.0 Å². The lowest BCUT2D eigenvalue weighted by Crippen LogP contribution is -2.32. The molecule has 0 aromatic heterocycles. The fourth-order valence-electron chi connectivity index (χ4n) is 1.46. The normalized spacial score (nSPS) is 31.8. The van der Waals surface area contributed by atoms with E-state index in [1.807, 2.05) is 6.92 Å². The first-order chi connectivity index (χ1) is 5.24. The molecule has 1 fully saturated rings. The second kappa shape index (κ2) is 3.83. The van der Waals surface area contributed by atoms with E-state index in [1.165, 1.54) is 0 Å². The van der Waals surface area contributed by atoms with Crippen molar-refractivity contribution in [2.24, 2.45) is 11.7 Å². The number of nitrogens with two attached hydrogens (primary N) is 1. The molecular weight excluding hydrogens is 142 g/mol. The summed E-state index contributed by atoms with van der Waals surface area (Å²) in [6.45, 7) is 2.88. The van der Waals surface area contributed by atoms with Gasteiger partial charge in [0.2, 0.25) is 0 Å². The fourth-order valence-corrected chi connectivity index (χ4v) is 1.46. The van der Waals surface area contributed by atoms with Crippen molar-refractivity contribution in [3.63, 3.8) is 0 Å². The molecule has 0 amide bonds. The van der Waals surface area contributed by atoms with Crippen molar-refractivity contribution >= 4 is 5.78 Å². The highest BCUT2D eigenvalue weighted by molar-refractivity contribution is 5.82. The predicted octanol–water partition coefficient (Wildman–Crippen LogP) is 0.329. The summed E-state index contributed by atoms with van der Waals surface area (Å²) < 4.78 is 5.31. The molecule has 0 bridgehead atoms. The Labute approximate surface area is 66.9 Å². The highest BCUT2D eigenvalue weighted by atomic mass is 16.5. The molecule has 1 saturated heterocycles. The van der Waals surface area contributed by atoms with Crippen LogP contribution in [0.5, 0.6) is 0 Å². The predicted molar refractivity (Wildman–Crippen MR) is 42.2 cm³/mol. The molecular formula is C8H15NO2. The number of carbonyl (C=O) groups is 1. The van der Waals surface area contributed by atoms with Gasteiger partial charge in [-0.3, -0.25) is 4.79 Å². The van der Waals surface area contributed by atoms with Gasteiger partial charge in [0.15, 0.2) is 0 Å². The first-order valence-electron chi connectivity index (χ1n) is 4.08. The van der Waals surface area contributed by atoms with Gasteiger partial charge in [0.1, 0.15) is 5.78 Å². The van der Waals surface area contributed by atoms with Gasteiger partial charge in [0, 0.05) is 12.5 Å². The van der Waals surface area contributed by atoms with Crippen LogP contribution >= 0.6 is 0 Å². The van der Waals surface area contributed by atoms with Crippen LogP contribution in [0.15, 0.2) is 0 Å². The van der Waals surface area contributed by atoms with Gasteiger partial charge < -0.3 is 10.5 Å². The van der Waals surface area contributed by atoms with Crippen molar-refractivity contribution < 1.29 is 9.53 Å². The van der Waals surface area contributed by atoms with Crippen molar-refractivity contribution in [2.45, 2.75) is 25.9 Å². The summed E-state index contributed by atoms with van der Waals surface area (Å²) in [5, 5.41) is 0. The van der Waals surface area contributed by atoms with E-state index < -0.39 is 0 Å². The lowest BCUT2D eigenvalue weighted by Gasteiger charge is -2.25. The standard InChI is InChI=1S/C8H15NO2/c1-6-4-7(2-3-11-6)8(10)5-9/h6-7H,2-5,9H2,1H3. The molecule has 1 aliphatic heterocycles. The molecule has 0 aromatic rings. The lowest BCUT2D eigenvalue weighted by atomic mass is 9.92. The van der Waals surface area contributed by atoms with Crippen LogP contribution < -0.4 is 5.73 Å². The van der Waals surface area contributed by atoms with Crippen LogP contribution in [0.25, 0.3) is 0 Å². The number of hydrogen-bond donors (Lipinski definition) is 1. The largest absolute Gasteiger partial charge is 0.378 e. The number of ketones is 1. The van der Waals surface area contributed by atoms with E-state index in [0.717, 1.165) is 12.8 Å². The fraction of sp³-hybridized carbons (Fsp3) is 0.875. The summed E-state index contributed by atoms with van der Waals surface area (Å²) in [7, 11) is 0. The molecule has 0 spiro atoms. The molecule has 3 nitrogen and oxygen atoms in total. The summed E-state index contributed by atoms with van der Waals surface area (Å²) in [4.78, 5) is 11.1. The minimum atomic E-state index is 0.156. The van der Waals surface area contributed by atoms with Crippen molar-refractivity contribution in [2.75, 3.05) is 13.2 Å². The van der Waals surface area contributed by atoms with Gasteiger partial charge in [-0.1, -0.05) is 0 Å². The second-order valence-electron chi connectivity index (χ2n) is 3.07. The second-order valence-corrected chi connectivity index (χ2v) is 3.07. The van der Waals surface area contributed by atoms with Crippen LogP contribution in [-0.2, 0) is 9.53 Å². The Kier molecular flexibility index (Phi) is 3.02. The monoisotopic (exact) mass is 157 g/mol. The Morgan fingerprint density at radius 3 is 3.00 bits per heavy atom. The molecule has 11 heavy (non-hydrogen) atoms. The molecule has 1 heterocycles. The molecule has 2 unspecified atom stereocenters. The summed E-state index contributed by atoms with van der Waals surface area (Å²) in [6.07, 6.45) is 1.92. The van der Waals surface area contributed by atoms with E-state index in [9.17, 15) is 4.79 Å². The third-order valence-corrected chi connectivity index (χ3v) is 2.14. The van der Waals surface area contributed by atoms with Crippen LogP contribution in [0.3, 0.4) is 0 Å². The van der Waals surface area contributed by atoms with E-state index >= 15 is 0 Å². The third kappa shape index (κ3) is 2.27. The molecule has 1 rings (SSSR count). The van der Waals surface area contributed by atoms with Gasteiger partial charge >= 0.3 is 0 Å². The molecule has 0 aliphatic carbocycles. The van der Waals surface area contributed by atoms with E-state index in [1.54, 1.807) is 0 Å². The highest BCUT2D eigenvalue weighted by Gasteiger charge is 2.23. The topological polar surface area (TPSA) is 52.3 Å². The van der Waals surface area contributed by atoms with E-state index in [0.29, 0.717) is 6.61 Å². The summed E-state index contributed by atoms with van der Waals surface area (Å²) in [5.74, 6) is 0.337. The van der Waals surface area contributed by atoms with Crippen LogP contribution in [0.4, 0.5) is 0 Å². The molecule has 0 saturated carbocycles. The van der Waals surface area contributed by atoms with Gasteiger partial charge in [0.05, 0.1) is 12.6 Å². The summed E-state index contributed by atoms with van der Waals surface area (Å²) in [6, 6.07) is 0. The van der Waals surface area contributed by atoms with Crippen molar-refractivity contribution in [1.29, 1.82) is 0 Å². The van der Waals surface area contributed by atoms with E-state index in [-0.39, 0.29) is 24.3 Å². The molecule has 2 atom stereocenters. The van der Waals surface area contributed by atoms with Crippen molar-refractivity contribution in [3.8, 4) is 0 Å². The molecule has 0 aromatic carbocycles. The Hall–Kier alpha value is -0.410. The summed E-state index contributed by atoms with van der Waals surface area (Å²) >= 11 is 0. The van der Waals surface area contributed by atoms with E-state index in [2.05, 4.69) is 0 Å². The summed E-state index contributed by atoms with van der Waals surface area (Å²) in [5.41, 5.74) is 5.26. The zero-order chi connectivity index (χ0) is 8.27. The maximum atomic E-state index is 11.1. The quantitative estimate of drug-likeness (QED) is 0.628. The van der Waals surface area contributed by atoms with Gasteiger partial charge in [-0.05, 0) is 19.8 Å².